The summed E-state index contributed by atoms with van der Waals surface area (Å²) in [4.78, 5) is 27.0. The summed E-state index contributed by atoms with van der Waals surface area (Å²) in [7, 11) is 0. The second-order valence-electron chi connectivity index (χ2n) is 5.96. The van der Waals surface area contributed by atoms with Gasteiger partial charge in [0.25, 0.3) is 5.91 Å². The van der Waals surface area contributed by atoms with Gasteiger partial charge in [-0.25, -0.2) is 0 Å². The number of ketones is 1. The smallest absolute Gasteiger partial charge is 0.254 e. The van der Waals surface area contributed by atoms with Crippen LogP contribution >= 0.6 is 0 Å². The van der Waals surface area contributed by atoms with Crippen LogP contribution in [0.25, 0.3) is 0 Å². The number of aliphatic hydroxyl groups excluding tert-OH is 2. The SMILES string of the molecule is O=C(c1ccccc1)c1ccccc1C(=O)N1C[C@H](CO)[C@H](O)C1. The molecule has 1 fully saturated rings. The molecule has 2 aromatic carbocycles. The summed E-state index contributed by atoms with van der Waals surface area (Å²) in [5.74, 6) is -0.853. The summed E-state index contributed by atoms with van der Waals surface area (Å²) in [6.07, 6.45) is -0.740. The molecule has 0 saturated carbocycles. The number of amides is 1. The minimum absolute atomic E-state index is 0.165. The lowest BCUT2D eigenvalue weighted by atomic mass is 9.97. The third-order valence-corrected chi connectivity index (χ3v) is 4.37. The highest BCUT2D eigenvalue weighted by atomic mass is 16.3. The molecular formula is C19H19NO4. The van der Waals surface area contributed by atoms with Crippen LogP contribution in [0.5, 0.6) is 0 Å². The molecule has 0 aromatic heterocycles. The van der Waals surface area contributed by atoms with Crippen molar-refractivity contribution in [1.29, 1.82) is 0 Å². The summed E-state index contributed by atoms with van der Waals surface area (Å²) in [6.45, 7) is 0.276. The number of β-amino-alcohol motifs (C(OH)–C–C–N with tert-alkyl or cyclic N) is 1. The van der Waals surface area contributed by atoms with Crippen molar-refractivity contribution in [2.45, 2.75) is 6.10 Å². The van der Waals surface area contributed by atoms with E-state index in [1.54, 1.807) is 48.5 Å². The van der Waals surface area contributed by atoms with Crippen molar-refractivity contribution in [2.24, 2.45) is 5.92 Å². The number of nitrogens with zero attached hydrogens (tertiary/aromatic N) is 1. The zero-order chi connectivity index (χ0) is 17.1. The van der Waals surface area contributed by atoms with Crippen molar-refractivity contribution in [1.82, 2.24) is 4.90 Å². The molecule has 0 radical (unpaired) electrons. The maximum absolute atomic E-state index is 12.8. The van der Waals surface area contributed by atoms with E-state index in [2.05, 4.69) is 0 Å². The van der Waals surface area contributed by atoms with Gasteiger partial charge in [0, 0.05) is 30.1 Å². The lowest BCUT2D eigenvalue weighted by Crippen LogP contribution is -2.31. The first-order chi connectivity index (χ1) is 11.6. The molecular weight excluding hydrogens is 306 g/mol. The highest BCUT2D eigenvalue weighted by molar-refractivity contribution is 6.15. The number of hydrogen-bond acceptors (Lipinski definition) is 4. The summed E-state index contributed by atoms with van der Waals surface area (Å²) in [5, 5.41) is 19.1. The number of likely N-dealkylation sites (tertiary alicyclic amines) is 1. The van der Waals surface area contributed by atoms with Crippen molar-refractivity contribution >= 4 is 11.7 Å². The van der Waals surface area contributed by atoms with Gasteiger partial charge in [-0.1, -0.05) is 48.5 Å². The normalized spacial score (nSPS) is 20.2. The van der Waals surface area contributed by atoms with Gasteiger partial charge >= 0.3 is 0 Å². The van der Waals surface area contributed by atoms with Crippen LogP contribution in [0.15, 0.2) is 54.6 Å². The Labute approximate surface area is 140 Å². The van der Waals surface area contributed by atoms with E-state index < -0.39 is 6.10 Å². The lowest BCUT2D eigenvalue weighted by molar-refractivity contribution is 0.0759. The second kappa shape index (κ2) is 6.95. The molecule has 2 atom stereocenters. The largest absolute Gasteiger partial charge is 0.396 e. The number of carbonyl (C=O) groups is 2. The lowest BCUT2D eigenvalue weighted by Gasteiger charge is -2.17. The molecule has 1 heterocycles. The van der Waals surface area contributed by atoms with E-state index in [1.165, 1.54) is 4.90 Å². The second-order valence-corrected chi connectivity index (χ2v) is 5.96. The number of rotatable bonds is 4. The fourth-order valence-corrected chi connectivity index (χ4v) is 2.98. The molecule has 1 amide bonds. The molecule has 24 heavy (non-hydrogen) atoms. The topological polar surface area (TPSA) is 77.8 Å². The maximum Gasteiger partial charge on any atom is 0.254 e. The number of aliphatic hydroxyl groups is 2. The third-order valence-electron chi connectivity index (χ3n) is 4.37. The first-order valence-corrected chi connectivity index (χ1v) is 7.88. The van der Waals surface area contributed by atoms with E-state index in [0.29, 0.717) is 16.7 Å². The van der Waals surface area contributed by atoms with Gasteiger partial charge in [-0.3, -0.25) is 9.59 Å². The van der Waals surface area contributed by atoms with Crippen LogP contribution in [0.2, 0.25) is 0 Å². The zero-order valence-corrected chi connectivity index (χ0v) is 13.1. The van der Waals surface area contributed by atoms with Gasteiger partial charge in [-0.15, -0.1) is 0 Å². The predicted molar refractivity (Wildman–Crippen MR) is 88.8 cm³/mol. The Morgan fingerprint density at radius 3 is 2.21 bits per heavy atom. The van der Waals surface area contributed by atoms with E-state index in [9.17, 15) is 19.8 Å². The number of hydrogen-bond donors (Lipinski definition) is 2. The van der Waals surface area contributed by atoms with Crippen molar-refractivity contribution in [2.75, 3.05) is 19.7 Å². The molecule has 0 aliphatic carbocycles. The molecule has 1 aliphatic heterocycles. The third kappa shape index (κ3) is 3.09. The van der Waals surface area contributed by atoms with Gasteiger partial charge in [0.15, 0.2) is 5.78 Å². The highest BCUT2D eigenvalue weighted by Crippen LogP contribution is 2.22. The van der Waals surface area contributed by atoms with Gasteiger partial charge in [0.1, 0.15) is 0 Å². The van der Waals surface area contributed by atoms with Crippen LogP contribution in [0, 0.1) is 5.92 Å². The summed E-state index contributed by atoms with van der Waals surface area (Å²) >= 11 is 0. The fourth-order valence-electron chi connectivity index (χ4n) is 2.98. The zero-order valence-electron chi connectivity index (χ0n) is 13.1. The molecule has 1 aliphatic rings. The first-order valence-electron chi connectivity index (χ1n) is 7.88. The van der Waals surface area contributed by atoms with Gasteiger partial charge in [0.2, 0.25) is 0 Å². The fraction of sp³-hybridized carbons (Fsp3) is 0.263. The Kier molecular flexibility index (Phi) is 4.74. The molecule has 0 unspecified atom stereocenters. The summed E-state index contributed by atoms with van der Waals surface area (Å²) in [5.41, 5.74) is 1.18. The van der Waals surface area contributed by atoms with E-state index in [4.69, 9.17) is 0 Å². The average molecular weight is 325 g/mol. The minimum atomic E-state index is -0.740. The van der Waals surface area contributed by atoms with Crippen LogP contribution in [-0.4, -0.2) is 52.6 Å². The quantitative estimate of drug-likeness (QED) is 0.832. The van der Waals surface area contributed by atoms with Crippen LogP contribution in [0.1, 0.15) is 26.3 Å². The van der Waals surface area contributed by atoms with Gasteiger partial charge < -0.3 is 15.1 Å². The molecule has 2 aromatic rings. The minimum Gasteiger partial charge on any atom is -0.396 e. The maximum atomic E-state index is 12.8. The summed E-state index contributed by atoms with van der Waals surface area (Å²) in [6, 6.07) is 15.5. The predicted octanol–water partition coefficient (Wildman–Crippen LogP) is 1.34. The van der Waals surface area contributed by atoms with Crippen molar-refractivity contribution in [3.8, 4) is 0 Å². The molecule has 1 saturated heterocycles. The van der Waals surface area contributed by atoms with Gasteiger partial charge in [-0.05, 0) is 6.07 Å². The standard InChI is InChI=1S/C19H19NO4/c21-12-14-10-20(11-17(14)22)19(24)16-9-5-4-8-15(16)18(23)13-6-2-1-3-7-13/h1-9,14,17,21-22H,10-12H2/t14-,17-/m1/s1. The van der Waals surface area contributed by atoms with Crippen molar-refractivity contribution < 1.29 is 19.8 Å². The Balaban J connectivity index is 1.90. The highest BCUT2D eigenvalue weighted by Gasteiger charge is 2.34. The van der Waals surface area contributed by atoms with Crippen molar-refractivity contribution in [3.05, 3.63) is 71.3 Å². The van der Waals surface area contributed by atoms with Gasteiger partial charge in [-0.2, -0.15) is 0 Å². The Bertz CT molecular complexity index is 744. The van der Waals surface area contributed by atoms with E-state index in [-0.39, 0.29) is 37.3 Å². The molecule has 2 N–H and O–H groups in total. The molecule has 5 nitrogen and oxygen atoms in total. The summed E-state index contributed by atoms with van der Waals surface area (Å²) < 4.78 is 0. The molecule has 3 rings (SSSR count). The van der Waals surface area contributed by atoms with Crippen LogP contribution < -0.4 is 0 Å². The molecule has 0 bridgehead atoms. The van der Waals surface area contributed by atoms with Crippen LogP contribution in [-0.2, 0) is 0 Å². The molecule has 124 valence electrons. The van der Waals surface area contributed by atoms with E-state index in [1.807, 2.05) is 6.07 Å². The molecule has 5 heteroatoms. The van der Waals surface area contributed by atoms with Crippen LogP contribution in [0.3, 0.4) is 0 Å². The average Bonchev–Trinajstić information content (AvgIpc) is 3.02. The number of benzene rings is 2. The van der Waals surface area contributed by atoms with E-state index >= 15 is 0 Å². The van der Waals surface area contributed by atoms with Crippen LogP contribution in [0.4, 0.5) is 0 Å². The van der Waals surface area contributed by atoms with E-state index in [0.717, 1.165) is 0 Å². The monoisotopic (exact) mass is 325 g/mol. The number of carbonyl (C=O) groups excluding carboxylic acids is 2. The van der Waals surface area contributed by atoms with Gasteiger partial charge in [0.05, 0.1) is 18.3 Å². The first kappa shape index (κ1) is 16.4. The molecule has 0 spiro atoms. The Morgan fingerprint density at radius 2 is 1.58 bits per heavy atom. The van der Waals surface area contributed by atoms with Crippen molar-refractivity contribution in [3.63, 3.8) is 0 Å². The Hall–Kier alpha value is -2.50. The Morgan fingerprint density at radius 1 is 0.958 bits per heavy atom.